The quantitative estimate of drug-likeness (QED) is 0.679. The summed E-state index contributed by atoms with van der Waals surface area (Å²) < 4.78 is 27.9. The van der Waals surface area contributed by atoms with Crippen molar-refractivity contribution in [3.05, 3.63) is 71.5 Å². The molecule has 2 heterocycles. The standard InChI is InChI=1S/C21H21F2N5O/c1-13-11-17(18(22)23)28-21(24-13)26-19(27-28)20(29)25-16-10-6-5-9-15(16)12-14-7-3-2-4-8-14/h2-10,13,17-18H,11-12H2,1H3,(H,25,29)(H,24,26,27)/t13-,17+/m1/s1. The second kappa shape index (κ2) is 7.98. The van der Waals surface area contributed by atoms with Crippen LogP contribution in [0.5, 0.6) is 0 Å². The van der Waals surface area contributed by atoms with Crippen LogP contribution in [0.2, 0.25) is 0 Å². The Labute approximate surface area is 167 Å². The summed E-state index contributed by atoms with van der Waals surface area (Å²) in [6, 6.07) is 16.1. The van der Waals surface area contributed by atoms with E-state index in [1.54, 1.807) is 13.0 Å². The normalized spacial score (nSPS) is 18.2. The van der Waals surface area contributed by atoms with E-state index in [9.17, 15) is 13.6 Å². The fourth-order valence-corrected chi connectivity index (χ4v) is 3.49. The fourth-order valence-electron chi connectivity index (χ4n) is 3.49. The van der Waals surface area contributed by atoms with Crippen molar-refractivity contribution in [2.45, 2.75) is 38.3 Å². The topological polar surface area (TPSA) is 71.8 Å². The molecule has 1 aromatic heterocycles. The molecule has 0 saturated heterocycles. The summed E-state index contributed by atoms with van der Waals surface area (Å²) in [5, 5.41) is 9.87. The lowest BCUT2D eigenvalue weighted by Crippen LogP contribution is -2.33. The van der Waals surface area contributed by atoms with E-state index in [1.165, 1.54) is 0 Å². The largest absolute Gasteiger partial charge is 0.352 e. The van der Waals surface area contributed by atoms with Gasteiger partial charge in [-0.15, -0.1) is 5.10 Å². The van der Waals surface area contributed by atoms with Gasteiger partial charge in [0, 0.05) is 11.7 Å². The van der Waals surface area contributed by atoms with Gasteiger partial charge in [-0.2, -0.15) is 4.98 Å². The van der Waals surface area contributed by atoms with Crippen molar-refractivity contribution < 1.29 is 13.6 Å². The number of carbonyl (C=O) groups excluding carboxylic acids is 1. The number of aromatic nitrogens is 3. The first kappa shape index (κ1) is 19.0. The molecule has 4 rings (SSSR count). The van der Waals surface area contributed by atoms with Crippen LogP contribution in [0.25, 0.3) is 0 Å². The van der Waals surface area contributed by atoms with Gasteiger partial charge < -0.3 is 10.6 Å². The average molecular weight is 397 g/mol. The second-order valence-electron chi connectivity index (χ2n) is 7.16. The Morgan fingerprint density at radius 3 is 2.69 bits per heavy atom. The van der Waals surface area contributed by atoms with E-state index in [-0.39, 0.29) is 24.2 Å². The molecule has 0 saturated carbocycles. The molecule has 8 heteroatoms. The molecule has 150 valence electrons. The first-order valence-corrected chi connectivity index (χ1v) is 9.45. The van der Waals surface area contributed by atoms with Crippen molar-refractivity contribution >= 4 is 17.5 Å². The first-order chi connectivity index (χ1) is 14.0. The number of carbonyl (C=O) groups is 1. The van der Waals surface area contributed by atoms with Gasteiger partial charge in [-0.3, -0.25) is 4.79 Å². The van der Waals surface area contributed by atoms with Gasteiger partial charge in [-0.1, -0.05) is 48.5 Å². The Hall–Kier alpha value is -3.29. The third kappa shape index (κ3) is 4.11. The molecule has 2 aromatic carbocycles. The van der Waals surface area contributed by atoms with Crippen LogP contribution in [-0.2, 0) is 6.42 Å². The molecule has 0 radical (unpaired) electrons. The summed E-state index contributed by atoms with van der Waals surface area (Å²) in [6.07, 6.45) is -1.71. The Bertz CT molecular complexity index is 1010. The van der Waals surface area contributed by atoms with E-state index >= 15 is 0 Å². The SMILES string of the molecule is C[C@@H]1C[C@@H](C(F)F)n2nc(C(=O)Nc3ccccc3Cc3ccccc3)nc2N1. The molecule has 2 atom stereocenters. The maximum absolute atomic E-state index is 13.4. The van der Waals surface area contributed by atoms with Crippen molar-refractivity contribution in [1.82, 2.24) is 14.8 Å². The van der Waals surface area contributed by atoms with E-state index < -0.39 is 18.4 Å². The molecular weight excluding hydrogens is 376 g/mol. The zero-order chi connectivity index (χ0) is 20.4. The number of benzene rings is 2. The molecule has 6 nitrogen and oxygen atoms in total. The van der Waals surface area contributed by atoms with Gasteiger partial charge >= 0.3 is 0 Å². The van der Waals surface area contributed by atoms with E-state index in [0.717, 1.165) is 15.8 Å². The molecular formula is C21H21F2N5O. The summed E-state index contributed by atoms with van der Waals surface area (Å²) in [7, 11) is 0. The number of hydrogen-bond donors (Lipinski definition) is 2. The minimum absolute atomic E-state index is 0.137. The van der Waals surface area contributed by atoms with Crippen molar-refractivity contribution in [2.24, 2.45) is 0 Å². The predicted molar refractivity (Wildman–Crippen MR) is 106 cm³/mol. The highest BCUT2D eigenvalue weighted by Gasteiger charge is 2.34. The molecule has 29 heavy (non-hydrogen) atoms. The van der Waals surface area contributed by atoms with Crippen molar-refractivity contribution in [2.75, 3.05) is 10.6 Å². The van der Waals surface area contributed by atoms with E-state index in [1.807, 2.05) is 48.5 Å². The van der Waals surface area contributed by atoms with Crippen molar-refractivity contribution in [3.63, 3.8) is 0 Å². The van der Waals surface area contributed by atoms with Gasteiger partial charge in [0.25, 0.3) is 12.3 Å². The zero-order valence-corrected chi connectivity index (χ0v) is 15.8. The van der Waals surface area contributed by atoms with Crippen LogP contribution in [0.1, 0.15) is 41.1 Å². The maximum Gasteiger partial charge on any atom is 0.295 e. The highest BCUT2D eigenvalue weighted by atomic mass is 19.3. The summed E-state index contributed by atoms with van der Waals surface area (Å²) in [5.74, 6) is -0.478. The molecule has 0 unspecified atom stereocenters. The minimum Gasteiger partial charge on any atom is -0.352 e. The number of fused-ring (bicyclic) bond motifs is 1. The van der Waals surface area contributed by atoms with Crippen LogP contribution < -0.4 is 10.6 Å². The molecule has 0 aliphatic carbocycles. The summed E-state index contributed by atoms with van der Waals surface area (Å²) in [5.41, 5.74) is 2.69. The number of halogens is 2. The Balaban J connectivity index is 1.56. The minimum atomic E-state index is -2.58. The van der Waals surface area contributed by atoms with E-state index in [0.29, 0.717) is 12.1 Å². The molecule has 0 spiro atoms. The Kier molecular flexibility index (Phi) is 5.24. The summed E-state index contributed by atoms with van der Waals surface area (Å²) >= 11 is 0. The van der Waals surface area contributed by atoms with Gasteiger partial charge in [0.15, 0.2) is 0 Å². The molecule has 1 aliphatic rings. The third-order valence-corrected chi connectivity index (χ3v) is 4.91. The third-order valence-electron chi connectivity index (χ3n) is 4.91. The molecule has 3 aromatic rings. The smallest absolute Gasteiger partial charge is 0.295 e. The monoisotopic (exact) mass is 397 g/mol. The average Bonchev–Trinajstić information content (AvgIpc) is 3.13. The lowest BCUT2D eigenvalue weighted by molar-refractivity contribution is 0.0662. The number of amides is 1. The van der Waals surface area contributed by atoms with Gasteiger partial charge in [-0.05, 0) is 37.0 Å². The van der Waals surface area contributed by atoms with Crippen LogP contribution in [0, 0.1) is 0 Å². The van der Waals surface area contributed by atoms with E-state index in [2.05, 4.69) is 20.7 Å². The van der Waals surface area contributed by atoms with E-state index in [4.69, 9.17) is 0 Å². The van der Waals surface area contributed by atoms with Crippen molar-refractivity contribution in [3.8, 4) is 0 Å². The highest BCUT2D eigenvalue weighted by Crippen LogP contribution is 2.30. The van der Waals surface area contributed by atoms with Gasteiger partial charge in [0.2, 0.25) is 11.8 Å². The molecule has 1 amide bonds. The molecule has 2 N–H and O–H groups in total. The number of anilines is 2. The van der Waals surface area contributed by atoms with Crippen LogP contribution in [0.3, 0.4) is 0 Å². The molecule has 0 fully saturated rings. The number of alkyl halides is 2. The Morgan fingerprint density at radius 1 is 1.21 bits per heavy atom. The first-order valence-electron chi connectivity index (χ1n) is 9.45. The number of nitrogens with one attached hydrogen (secondary N) is 2. The van der Waals surface area contributed by atoms with Crippen LogP contribution in [0.4, 0.5) is 20.4 Å². The lowest BCUT2D eigenvalue weighted by Gasteiger charge is -2.28. The van der Waals surface area contributed by atoms with Gasteiger partial charge in [0.1, 0.15) is 6.04 Å². The van der Waals surface area contributed by atoms with Crippen LogP contribution in [-0.4, -0.2) is 33.1 Å². The Morgan fingerprint density at radius 2 is 1.93 bits per heavy atom. The van der Waals surface area contributed by atoms with Crippen LogP contribution >= 0.6 is 0 Å². The second-order valence-corrected chi connectivity index (χ2v) is 7.16. The number of rotatable bonds is 5. The summed E-state index contributed by atoms with van der Waals surface area (Å²) in [6.45, 7) is 1.80. The molecule has 0 bridgehead atoms. The zero-order valence-electron chi connectivity index (χ0n) is 15.8. The maximum atomic E-state index is 13.4. The van der Waals surface area contributed by atoms with Crippen molar-refractivity contribution in [1.29, 1.82) is 0 Å². The van der Waals surface area contributed by atoms with Crippen LogP contribution in [0.15, 0.2) is 54.6 Å². The number of nitrogens with zero attached hydrogens (tertiary/aromatic N) is 3. The fraction of sp³-hybridized carbons (Fsp3) is 0.286. The highest BCUT2D eigenvalue weighted by molar-refractivity contribution is 6.02. The predicted octanol–water partition coefficient (Wildman–Crippen LogP) is 4.13. The lowest BCUT2D eigenvalue weighted by atomic mass is 10.0. The number of hydrogen-bond acceptors (Lipinski definition) is 4. The van der Waals surface area contributed by atoms with Gasteiger partial charge in [-0.25, -0.2) is 13.5 Å². The van der Waals surface area contributed by atoms with Gasteiger partial charge in [0.05, 0.1) is 0 Å². The number of para-hydroxylation sites is 1. The summed E-state index contributed by atoms with van der Waals surface area (Å²) in [4.78, 5) is 16.9. The molecule has 1 aliphatic heterocycles.